The van der Waals surface area contributed by atoms with Crippen molar-refractivity contribution in [3.63, 3.8) is 0 Å². The van der Waals surface area contributed by atoms with E-state index >= 15 is 0 Å². The van der Waals surface area contributed by atoms with Crippen molar-refractivity contribution < 1.29 is 23.8 Å². The van der Waals surface area contributed by atoms with E-state index in [2.05, 4.69) is 16.8 Å². The monoisotopic (exact) mass is 638 g/mol. The van der Waals surface area contributed by atoms with Crippen molar-refractivity contribution in [2.24, 2.45) is 11.8 Å². The number of carbonyl (C=O) groups is 2. The average Bonchev–Trinajstić information content (AvgIpc) is 3.15. The van der Waals surface area contributed by atoms with Crippen LogP contribution in [0.4, 0.5) is 0 Å². The Morgan fingerprint density at radius 3 is 2.31 bits per heavy atom. The van der Waals surface area contributed by atoms with Crippen molar-refractivity contribution in [3.05, 3.63) is 131 Å². The second-order valence-corrected chi connectivity index (χ2v) is 13.1. The van der Waals surface area contributed by atoms with Crippen molar-refractivity contribution in [1.29, 1.82) is 0 Å². The topological polar surface area (TPSA) is 78.0 Å². The van der Waals surface area contributed by atoms with E-state index in [0.29, 0.717) is 34.5 Å². The Labute approximate surface area is 280 Å². The van der Waals surface area contributed by atoms with Crippen molar-refractivity contribution in [2.45, 2.75) is 44.9 Å². The van der Waals surface area contributed by atoms with Crippen LogP contribution in [0.1, 0.15) is 75.3 Å². The van der Waals surface area contributed by atoms with Crippen LogP contribution < -0.4 is 14.2 Å². The van der Waals surface area contributed by atoms with Crippen LogP contribution in [-0.4, -0.2) is 47.7 Å². The van der Waals surface area contributed by atoms with Gasteiger partial charge in [-0.2, -0.15) is 0 Å². The van der Waals surface area contributed by atoms with E-state index in [4.69, 9.17) is 14.2 Å². The van der Waals surface area contributed by atoms with Crippen molar-refractivity contribution in [2.75, 3.05) is 20.2 Å². The maximum Gasteiger partial charge on any atom is 0.198 e. The smallest absolute Gasteiger partial charge is 0.198 e. The Kier molecular flexibility index (Phi) is 7.93. The van der Waals surface area contributed by atoms with Gasteiger partial charge < -0.3 is 14.2 Å². The molecule has 9 rings (SSSR count). The normalized spacial score (nSPS) is 21.8. The first-order valence-electron chi connectivity index (χ1n) is 16.9. The summed E-state index contributed by atoms with van der Waals surface area (Å²) >= 11 is 0. The van der Waals surface area contributed by atoms with Crippen LogP contribution in [0, 0.1) is 11.8 Å². The van der Waals surface area contributed by atoms with Gasteiger partial charge in [0, 0.05) is 34.8 Å². The molecule has 3 fully saturated rings. The number of pyridine rings is 1. The lowest BCUT2D eigenvalue weighted by Crippen LogP contribution is -2.56. The third-order valence-electron chi connectivity index (χ3n) is 10.6. The molecule has 0 amide bonds. The number of hydrogen-bond donors (Lipinski definition) is 0. The van der Waals surface area contributed by atoms with Crippen LogP contribution in [0.3, 0.4) is 0 Å². The molecule has 1 aliphatic carbocycles. The molecule has 3 saturated heterocycles. The van der Waals surface area contributed by atoms with E-state index in [1.165, 1.54) is 6.42 Å². The Balaban J connectivity index is 1.26. The first-order chi connectivity index (χ1) is 23.5. The quantitative estimate of drug-likeness (QED) is 0.160. The van der Waals surface area contributed by atoms with Gasteiger partial charge in [0.05, 0.1) is 29.8 Å². The van der Waals surface area contributed by atoms with Crippen LogP contribution in [0.2, 0.25) is 0 Å². The number of ketones is 2. The molecular weight excluding hydrogens is 600 g/mol. The van der Waals surface area contributed by atoms with Crippen molar-refractivity contribution in [1.82, 2.24) is 9.88 Å². The molecule has 0 saturated carbocycles. The minimum atomic E-state index is -0.427. The van der Waals surface area contributed by atoms with Gasteiger partial charge >= 0.3 is 0 Å². The Hall–Kier alpha value is -5.01. The molecule has 1 aromatic heterocycles. The van der Waals surface area contributed by atoms with Crippen LogP contribution in [0.15, 0.2) is 97.2 Å². The molecule has 3 unspecified atom stereocenters. The van der Waals surface area contributed by atoms with E-state index in [9.17, 15) is 9.59 Å². The highest BCUT2D eigenvalue weighted by molar-refractivity contribution is 6.30. The summed E-state index contributed by atoms with van der Waals surface area (Å²) in [6, 6.07) is 28.4. The van der Waals surface area contributed by atoms with Gasteiger partial charge in [0.1, 0.15) is 30.0 Å². The Morgan fingerprint density at radius 1 is 0.875 bits per heavy atom. The summed E-state index contributed by atoms with van der Waals surface area (Å²) < 4.78 is 19.1. The fourth-order valence-electron chi connectivity index (χ4n) is 8.08. The summed E-state index contributed by atoms with van der Waals surface area (Å²) in [5.41, 5.74) is 4.06. The van der Waals surface area contributed by atoms with E-state index in [1.54, 1.807) is 43.5 Å². The molecule has 4 heterocycles. The number of fused-ring (bicyclic) bond motifs is 6. The summed E-state index contributed by atoms with van der Waals surface area (Å²) in [5.74, 6) is 2.29. The highest BCUT2D eigenvalue weighted by atomic mass is 16.5. The van der Waals surface area contributed by atoms with Crippen molar-refractivity contribution >= 4 is 22.5 Å². The third-order valence-corrected chi connectivity index (χ3v) is 10.6. The lowest BCUT2D eigenvalue weighted by atomic mass is 9.72. The molecular formula is C41H38N2O5. The van der Waals surface area contributed by atoms with Gasteiger partial charge in [-0.1, -0.05) is 67.9 Å². The van der Waals surface area contributed by atoms with Crippen LogP contribution in [-0.2, 0) is 6.61 Å². The molecule has 5 aromatic rings. The molecule has 242 valence electrons. The SMILES string of the molecule is CCC1CN2CCC1C[C@@H]2[C@@H](Oc1ccc(OCc2ccccc2)c2c1C(=O)c1ccccc1C2=O)c1ccnc2ccc(OC)cc12. The van der Waals surface area contributed by atoms with E-state index in [0.717, 1.165) is 53.7 Å². The van der Waals surface area contributed by atoms with Crippen LogP contribution in [0.5, 0.6) is 17.2 Å². The number of hydrogen-bond acceptors (Lipinski definition) is 7. The number of nitrogens with zero attached hydrogens (tertiary/aromatic N) is 2. The van der Waals surface area contributed by atoms with Gasteiger partial charge in [-0.3, -0.25) is 19.5 Å². The summed E-state index contributed by atoms with van der Waals surface area (Å²) in [5, 5.41) is 0.945. The van der Waals surface area contributed by atoms with Gasteiger partial charge in [0.15, 0.2) is 11.6 Å². The molecule has 0 spiro atoms. The molecule has 4 aliphatic rings. The van der Waals surface area contributed by atoms with Gasteiger partial charge in [-0.15, -0.1) is 0 Å². The van der Waals surface area contributed by atoms with Gasteiger partial charge in [0.25, 0.3) is 0 Å². The Bertz CT molecular complexity index is 2030. The largest absolute Gasteiger partial charge is 0.497 e. The highest BCUT2D eigenvalue weighted by Gasteiger charge is 2.45. The minimum Gasteiger partial charge on any atom is -0.497 e. The lowest BCUT2D eigenvalue weighted by Gasteiger charge is -2.52. The number of carbonyl (C=O) groups excluding carboxylic acids is 2. The molecule has 0 radical (unpaired) electrons. The molecule has 5 atom stereocenters. The van der Waals surface area contributed by atoms with E-state index < -0.39 is 6.10 Å². The lowest BCUT2D eigenvalue weighted by molar-refractivity contribution is -0.0484. The maximum atomic E-state index is 14.4. The third kappa shape index (κ3) is 5.23. The molecule has 0 N–H and O–H groups in total. The number of piperidine rings is 3. The predicted octanol–water partition coefficient (Wildman–Crippen LogP) is 7.84. The minimum absolute atomic E-state index is 0.0784. The average molecular weight is 639 g/mol. The second-order valence-electron chi connectivity index (χ2n) is 13.1. The second kappa shape index (κ2) is 12.5. The molecule has 2 bridgehead atoms. The first kappa shape index (κ1) is 30.3. The maximum absolute atomic E-state index is 14.4. The zero-order chi connectivity index (χ0) is 32.8. The Morgan fingerprint density at radius 2 is 1.60 bits per heavy atom. The van der Waals surface area contributed by atoms with Crippen molar-refractivity contribution in [3.8, 4) is 17.2 Å². The predicted molar refractivity (Wildman–Crippen MR) is 184 cm³/mol. The molecule has 4 aromatic carbocycles. The van der Waals surface area contributed by atoms with Gasteiger partial charge in [-0.25, -0.2) is 0 Å². The first-order valence-corrected chi connectivity index (χ1v) is 16.9. The standard InChI is InChI=1S/C41H38N2O5/c1-3-26-23-43-20-18-27(26)21-34(43)41(31-17-19-42-33-14-13-28(46-2)22-32(31)33)48-36-16-15-35(47-24-25-9-5-4-6-10-25)37-38(36)40(45)30-12-8-7-11-29(30)39(37)44/h4-17,19,22,26-27,34,41H,3,18,20-21,23-24H2,1-2H3/t26?,27?,34-,41+/m1/s1. The fourth-order valence-corrected chi connectivity index (χ4v) is 8.08. The fraction of sp³-hybridized carbons (Fsp3) is 0.293. The molecule has 3 aliphatic heterocycles. The summed E-state index contributed by atoms with van der Waals surface area (Å²) in [6.45, 7) is 4.58. The highest BCUT2D eigenvalue weighted by Crippen LogP contribution is 2.46. The van der Waals surface area contributed by atoms with Gasteiger partial charge in [0.2, 0.25) is 0 Å². The molecule has 7 nitrogen and oxygen atoms in total. The summed E-state index contributed by atoms with van der Waals surface area (Å²) in [4.78, 5) is 35.8. The van der Waals surface area contributed by atoms with E-state index in [1.807, 2.05) is 60.8 Å². The number of ether oxygens (including phenoxy) is 3. The van der Waals surface area contributed by atoms with Crippen LogP contribution >= 0.6 is 0 Å². The number of rotatable bonds is 9. The van der Waals surface area contributed by atoms with E-state index in [-0.39, 0.29) is 35.3 Å². The zero-order valence-electron chi connectivity index (χ0n) is 27.2. The molecule has 7 heteroatoms. The summed E-state index contributed by atoms with van der Waals surface area (Å²) in [6.07, 6.45) is 4.73. The van der Waals surface area contributed by atoms with Crippen LogP contribution in [0.25, 0.3) is 10.9 Å². The summed E-state index contributed by atoms with van der Waals surface area (Å²) in [7, 11) is 1.66. The number of methoxy groups -OCH3 is 1. The van der Waals surface area contributed by atoms with Gasteiger partial charge in [-0.05, 0) is 73.2 Å². The number of benzene rings is 4. The number of aromatic nitrogens is 1. The molecule has 48 heavy (non-hydrogen) atoms. The zero-order valence-corrected chi connectivity index (χ0v) is 27.2.